The van der Waals surface area contributed by atoms with Gasteiger partial charge in [0.15, 0.2) is 5.01 Å². The molecule has 0 unspecified atom stereocenters. The molecule has 0 bridgehead atoms. The summed E-state index contributed by atoms with van der Waals surface area (Å²) in [5.41, 5.74) is 7.33. The van der Waals surface area contributed by atoms with Crippen LogP contribution in [0.1, 0.15) is 0 Å². The average molecular weight is 229 g/mol. The topological polar surface area (TPSA) is 77.6 Å². The van der Waals surface area contributed by atoms with E-state index < -0.39 is 0 Å². The van der Waals surface area contributed by atoms with Crippen LogP contribution < -0.4 is 5.73 Å². The number of hydrogen-bond donors (Lipinski definition) is 1. The zero-order valence-electron chi connectivity index (χ0n) is 8.16. The second kappa shape index (κ2) is 3.49. The fourth-order valence-electron chi connectivity index (χ4n) is 1.44. The highest BCUT2D eigenvalue weighted by Gasteiger charge is 2.05. The number of aromatic nitrogens is 4. The van der Waals surface area contributed by atoms with Gasteiger partial charge in [-0.05, 0) is 12.1 Å². The summed E-state index contributed by atoms with van der Waals surface area (Å²) in [5.74, 6) is 0. The van der Waals surface area contributed by atoms with Crippen LogP contribution in [-0.2, 0) is 0 Å². The summed E-state index contributed by atoms with van der Waals surface area (Å²) in [5, 5.41) is 10.0. The zero-order valence-corrected chi connectivity index (χ0v) is 8.98. The van der Waals surface area contributed by atoms with E-state index in [-0.39, 0.29) is 0 Å². The van der Waals surface area contributed by atoms with Gasteiger partial charge in [-0.1, -0.05) is 11.3 Å². The lowest BCUT2D eigenvalue weighted by molar-refractivity contribution is 1.10. The van der Waals surface area contributed by atoms with Crippen molar-refractivity contribution < 1.29 is 0 Å². The molecule has 3 aromatic rings. The monoisotopic (exact) mass is 229 g/mol. The Morgan fingerprint density at radius 1 is 1.19 bits per heavy atom. The highest BCUT2D eigenvalue weighted by molar-refractivity contribution is 7.18. The van der Waals surface area contributed by atoms with Gasteiger partial charge in [0, 0.05) is 23.3 Å². The number of rotatable bonds is 1. The van der Waals surface area contributed by atoms with E-state index in [4.69, 9.17) is 5.73 Å². The van der Waals surface area contributed by atoms with Crippen molar-refractivity contribution in [1.29, 1.82) is 0 Å². The molecular formula is C10H7N5S. The Hall–Kier alpha value is -2.08. The Labute approximate surface area is 95.0 Å². The summed E-state index contributed by atoms with van der Waals surface area (Å²) in [6, 6.07) is 3.92. The van der Waals surface area contributed by atoms with Crippen LogP contribution in [0.4, 0.5) is 5.13 Å². The summed E-state index contributed by atoms with van der Waals surface area (Å²) in [6.07, 6.45) is 5.22. The molecule has 5 nitrogen and oxygen atoms in total. The molecule has 0 atom stereocenters. The molecule has 2 N–H and O–H groups in total. The fourth-order valence-corrected chi connectivity index (χ4v) is 2.03. The van der Waals surface area contributed by atoms with Crippen LogP contribution in [0.15, 0.2) is 30.7 Å². The summed E-state index contributed by atoms with van der Waals surface area (Å²) >= 11 is 1.35. The highest BCUT2D eigenvalue weighted by Crippen LogP contribution is 2.25. The SMILES string of the molecule is Nc1nnc(-c2cnc3cnccc3c2)s1. The van der Waals surface area contributed by atoms with Gasteiger partial charge < -0.3 is 5.73 Å². The lowest BCUT2D eigenvalue weighted by Gasteiger charge is -1.98. The number of fused-ring (bicyclic) bond motifs is 1. The third-order valence-electron chi connectivity index (χ3n) is 2.17. The van der Waals surface area contributed by atoms with E-state index in [9.17, 15) is 0 Å². The maximum Gasteiger partial charge on any atom is 0.203 e. The predicted molar refractivity (Wildman–Crippen MR) is 62.9 cm³/mol. The molecule has 16 heavy (non-hydrogen) atoms. The summed E-state index contributed by atoms with van der Waals surface area (Å²) in [6.45, 7) is 0. The first kappa shape index (κ1) is 9.17. The van der Waals surface area contributed by atoms with Crippen molar-refractivity contribution in [2.45, 2.75) is 0 Å². The van der Waals surface area contributed by atoms with E-state index in [1.54, 1.807) is 18.6 Å². The quantitative estimate of drug-likeness (QED) is 0.687. The number of nitrogen functional groups attached to an aromatic ring is 1. The molecule has 0 radical (unpaired) electrons. The van der Waals surface area contributed by atoms with Gasteiger partial charge in [-0.15, -0.1) is 10.2 Å². The lowest BCUT2D eigenvalue weighted by atomic mass is 10.2. The minimum Gasteiger partial charge on any atom is -0.374 e. The third-order valence-corrected chi connectivity index (χ3v) is 2.98. The maximum absolute atomic E-state index is 5.54. The van der Waals surface area contributed by atoms with E-state index in [2.05, 4.69) is 20.2 Å². The molecule has 0 saturated carbocycles. The normalized spacial score (nSPS) is 10.8. The van der Waals surface area contributed by atoms with Crippen LogP contribution >= 0.6 is 11.3 Å². The molecule has 0 amide bonds. The van der Waals surface area contributed by atoms with Gasteiger partial charge in [0.25, 0.3) is 0 Å². The lowest BCUT2D eigenvalue weighted by Crippen LogP contribution is -1.83. The van der Waals surface area contributed by atoms with Gasteiger partial charge >= 0.3 is 0 Å². The minimum atomic E-state index is 0.463. The van der Waals surface area contributed by atoms with Crippen LogP contribution in [0.2, 0.25) is 0 Å². The molecule has 3 heterocycles. The van der Waals surface area contributed by atoms with Crippen molar-refractivity contribution in [1.82, 2.24) is 20.2 Å². The van der Waals surface area contributed by atoms with Crippen LogP contribution in [0, 0.1) is 0 Å². The van der Waals surface area contributed by atoms with Crippen molar-refractivity contribution in [2.24, 2.45) is 0 Å². The number of hydrogen-bond acceptors (Lipinski definition) is 6. The van der Waals surface area contributed by atoms with Crippen LogP contribution in [0.25, 0.3) is 21.5 Å². The van der Waals surface area contributed by atoms with Crippen molar-refractivity contribution in [3.05, 3.63) is 30.7 Å². The average Bonchev–Trinajstić information content (AvgIpc) is 2.75. The standard InChI is InChI=1S/C10H7N5S/c11-10-15-14-9(16-10)7-3-6-1-2-12-5-8(6)13-4-7/h1-5H,(H2,11,15). The first-order chi connectivity index (χ1) is 7.83. The van der Waals surface area contributed by atoms with E-state index >= 15 is 0 Å². The fraction of sp³-hybridized carbons (Fsp3) is 0. The molecule has 0 aromatic carbocycles. The molecule has 3 aromatic heterocycles. The van der Waals surface area contributed by atoms with Crippen LogP contribution in [-0.4, -0.2) is 20.2 Å². The van der Waals surface area contributed by atoms with Crippen molar-refractivity contribution in [3.8, 4) is 10.6 Å². The Morgan fingerprint density at radius 3 is 2.94 bits per heavy atom. The highest BCUT2D eigenvalue weighted by atomic mass is 32.1. The minimum absolute atomic E-state index is 0.463. The van der Waals surface area contributed by atoms with Gasteiger partial charge in [-0.25, -0.2) is 0 Å². The second-order valence-electron chi connectivity index (χ2n) is 3.24. The van der Waals surface area contributed by atoms with Crippen LogP contribution in [0.5, 0.6) is 0 Å². The molecular weight excluding hydrogens is 222 g/mol. The van der Waals surface area contributed by atoms with Gasteiger partial charge in [0.1, 0.15) is 0 Å². The Balaban J connectivity index is 2.18. The molecule has 78 valence electrons. The third kappa shape index (κ3) is 1.49. The Kier molecular flexibility index (Phi) is 2.00. The molecule has 3 rings (SSSR count). The Bertz CT molecular complexity index is 648. The first-order valence-corrected chi connectivity index (χ1v) is 5.44. The smallest absolute Gasteiger partial charge is 0.203 e. The summed E-state index contributed by atoms with van der Waals surface area (Å²) in [4.78, 5) is 8.31. The van der Waals surface area contributed by atoms with Gasteiger partial charge in [0.2, 0.25) is 5.13 Å². The van der Waals surface area contributed by atoms with E-state index in [1.165, 1.54) is 11.3 Å². The number of nitrogens with two attached hydrogens (primary N) is 1. The maximum atomic E-state index is 5.54. The second-order valence-corrected chi connectivity index (χ2v) is 4.25. The first-order valence-electron chi connectivity index (χ1n) is 4.62. The van der Waals surface area contributed by atoms with Crippen molar-refractivity contribution in [3.63, 3.8) is 0 Å². The molecule has 0 aliphatic rings. The molecule has 0 spiro atoms. The van der Waals surface area contributed by atoms with Crippen molar-refractivity contribution in [2.75, 3.05) is 5.73 Å². The Morgan fingerprint density at radius 2 is 2.12 bits per heavy atom. The number of nitrogens with zero attached hydrogens (tertiary/aromatic N) is 4. The zero-order chi connectivity index (χ0) is 11.0. The van der Waals surface area contributed by atoms with E-state index in [0.29, 0.717) is 5.13 Å². The van der Waals surface area contributed by atoms with Gasteiger partial charge in [-0.2, -0.15) is 0 Å². The van der Waals surface area contributed by atoms with Crippen LogP contribution in [0.3, 0.4) is 0 Å². The molecule has 0 fully saturated rings. The predicted octanol–water partition coefficient (Wildman–Crippen LogP) is 1.73. The summed E-state index contributed by atoms with van der Waals surface area (Å²) < 4.78 is 0. The van der Waals surface area contributed by atoms with Crippen molar-refractivity contribution >= 4 is 27.4 Å². The molecule has 6 heteroatoms. The molecule has 0 aliphatic carbocycles. The number of pyridine rings is 2. The molecule has 0 saturated heterocycles. The van der Waals surface area contributed by atoms with Gasteiger partial charge in [0.05, 0.1) is 11.7 Å². The summed E-state index contributed by atoms with van der Waals surface area (Å²) in [7, 11) is 0. The molecule has 0 aliphatic heterocycles. The van der Waals surface area contributed by atoms with Gasteiger partial charge in [-0.3, -0.25) is 9.97 Å². The largest absolute Gasteiger partial charge is 0.374 e. The van der Waals surface area contributed by atoms with E-state index in [1.807, 2.05) is 12.1 Å². The number of anilines is 1. The van der Waals surface area contributed by atoms with E-state index in [0.717, 1.165) is 21.5 Å².